The van der Waals surface area contributed by atoms with Crippen LogP contribution in [0.2, 0.25) is 0 Å². The largest absolute Gasteiger partial charge is 0.310 e. The first-order valence-corrected chi connectivity index (χ1v) is 9.25. The third kappa shape index (κ3) is 5.35. The summed E-state index contributed by atoms with van der Waals surface area (Å²) in [5.74, 6) is 0.700. The smallest absolute Gasteiger partial charge is 0.107 e. The highest BCUT2D eigenvalue weighted by molar-refractivity contribution is 7.09. The number of piperidine rings is 1. The Morgan fingerprint density at radius 2 is 2.10 bits per heavy atom. The summed E-state index contributed by atoms with van der Waals surface area (Å²) >= 11 is 1.79. The molecule has 2 rings (SSSR count). The molecule has 2 heterocycles. The fraction of sp³-hybridized carbons (Fsp3) is 0.824. The summed E-state index contributed by atoms with van der Waals surface area (Å²) in [4.78, 5) is 7.34. The molecule has 0 atom stereocenters. The van der Waals surface area contributed by atoms with Crippen LogP contribution in [0.4, 0.5) is 0 Å². The summed E-state index contributed by atoms with van der Waals surface area (Å²) in [5.41, 5.74) is 1.83. The molecule has 3 nitrogen and oxygen atoms in total. The van der Waals surface area contributed by atoms with Crippen molar-refractivity contribution in [2.24, 2.45) is 11.3 Å². The Morgan fingerprint density at radius 3 is 2.71 bits per heavy atom. The van der Waals surface area contributed by atoms with Gasteiger partial charge in [-0.3, -0.25) is 4.90 Å². The van der Waals surface area contributed by atoms with Crippen LogP contribution < -0.4 is 5.32 Å². The molecule has 0 radical (unpaired) electrons. The Morgan fingerprint density at radius 1 is 1.38 bits per heavy atom. The third-order valence-electron chi connectivity index (χ3n) is 4.73. The molecule has 1 aromatic rings. The summed E-state index contributed by atoms with van der Waals surface area (Å²) in [7, 11) is 0. The molecule has 0 spiro atoms. The Hall–Kier alpha value is -0.450. The second kappa shape index (κ2) is 7.70. The lowest BCUT2D eigenvalue weighted by molar-refractivity contribution is 0.109. The topological polar surface area (TPSA) is 28.2 Å². The minimum atomic E-state index is 0.574. The molecule has 1 aliphatic rings. The lowest BCUT2D eigenvalue weighted by atomic mass is 9.78. The second-order valence-corrected chi connectivity index (χ2v) is 8.14. The lowest BCUT2D eigenvalue weighted by Crippen LogP contribution is -2.38. The van der Waals surface area contributed by atoms with Crippen LogP contribution in [0.5, 0.6) is 0 Å². The molecule has 1 saturated heterocycles. The maximum atomic E-state index is 4.77. The Bertz CT molecular complexity index is 419. The summed E-state index contributed by atoms with van der Waals surface area (Å²) in [6, 6.07) is 0. The predicted octanol–water partition coefficient (Wildman–Crippen LogP) is 3.90. The minimum Gasteiger partial charge on any atom is -0.310 e. The molecule has 0 aromatic carbocycles. The maximum absolute atomic E-state index is 4.77. The number of aromatic nitrogens is 1. The predicted molar refractivity (Wildman–Crippen MR) is 91.6 cm³/mol. The fourth-order valence-corrected chi connectivity index (χ4v) is 3.56. The molecule has 21 heavy (non-hydrogen) atoms. The van der Waals surface area contributed by atoms with Gasteiger partial charge in [-0.15, -0.1) is 11.3 Å². The molecule has 120 valence electrons. The molecular weight excluding hydrogens is 278 g/mol. The van der Waals surface area contributed by atoms with Crippen molar-refractivity contribution in [2.45, 2.75) is 60.0 Å². The zero-order chi connectivity index (χ0) is 15.3. The van der Waals surface area contributed by atoms with Gasteiger partial charge in [-0.05, 0) is 43.8 Å². The lowest BCUT2D eigenvalue weighted by Gasteiger charge is -2.38. The van der Waals surface area contributed by atoms with E-state index in [9.17, 15) is 0 Å². The summed E-state index contributed by atoms with van der Waals surface area (Å²) in [6.07, 6.45) is 3.97. The van der Waals surface area contributed by atoms with Crippen molar-refractivity contribution in [3.8, 4) is 0 Å². The molecule has 1 aliphatic heterocycles. The summed E-state index contributed by atoms with van der Waals surface area (Å²) in [6.45, 7) is 14.7. The van der Waals surface area contributed by atoms with Crippen LogP contribution in [0.25, 0.3) is 0 Å². The zero-order valence-electron chi connectivity index (χ0n) is 14.1. The molecule has 1 fully saturated rings. The van der Waals surface area contributed by atoms with Crippen molar-refractivity contribution < 1.29 is 0 Å². The van der Waals surface area contributed by atoms with Gasteiger partial charge in [-0.1, -0.05) is 34.1 Å². The van der Waals surface area contributed by atoms with E-state index in [2.05, 4.69) is 43.3 Å². The Balaban J connectivity index is 1.75. The number of rotatable bonds is 7. The van der Waals surface area contributed by atoms with Gasteiger partial charge < -0.3 is 5.32 Å². The molecule has 1 aromatic heterocycles. The van der Waals surface area contributed by atoms with Crippen LogP contribution in [-0.2, 0) is 13.1 Å². The highest BCUT2D eigenvalue weighted by atomic mass is 32.1. The molecule has 1 N–H and O–H groups in total. The van der Waals surface area contributed by atoms with Crippen molar-refractivity contribution in [1.82, 2.24) is 15.2 Å². The van der Waals surface area contributed by atoms with E-state index in [0.29, 0.717) is 11.3 Å². The van der Waals surface area contributed by atoms with E-state index >= 15 is 0 Å². The van der Waals surface area contributed by atoms with Crippen LogP contribution >= 0.6 is 11.3 Å². The van der Waals surface area contributed by atoms with Gasteiger partial charge in [-0.2, -0.15) is 0 Å². The second-order valence-electron chi connectivity index (χ2n) is 7.20. The van der Waals surface area contributed by atoms with Gasteiger partial charge in [0.25, 0.3) is 0 Å². The minimum absolute atomic E-state index is 0.574. The number of hydrogen-bond donors (Lipinski definition) is 1. The third-order valence-corrected chi connectivity index (χ3v) is 5.63. The average molecular weight is 310 g/mol. The number of nitrogens with zero attached hydrogens (tertiary/aromatic N) is 2. The Labute approximate surface area is 134 Å². The number of nitrogens with one attached hydrogen (secondary N) is 1. The van der Waals surface area contributed by atoms with Gasteiger partial charge in [0, 0.05) is 18.5 Å². The van der Waals surface area contributed by atoms with E-state index in [1.807, 2.05) is 0 Å². The summed E-state index contributed by atoms with van der Waals surface area (Å²) in [5, 5.41) is 6.93. The van der Waals surface area contributed by atoms with Crippen molar-refractivity contribution in [1.29, 1.82) is 0 Å². The highest BCUT2D eigenvalue weighted by Crippen LogP contribution is 2.34. The first-order chi connectivity index (χ1) is 10.0. The molecule has 0 unspecified atom stereocenters. The normalized spacial score (nSPS) is 19.3. The van der Waals surface area contributed by atoms with Crippen LogP contribution in [0.1, 0.15) is 57.7 Å². The van der Waals surface area contributed by atoms with Gasteiger partial charge in [0.1, 0.15) is 5.01 Å². The van der Waals surface area contributed by atoms with Gasteiger partial charge in [0.2, 0.25) is 0 Å². The molecule has 4 heteroatoms. The SMILES string of the molecule is CCC1(C)CCN(Cc2csc(CNCC(C)C)n2)CC1. The molecule has 0 saturated carbocycles. The van der Waals surface area contributed by atoms with Gasteiger partial charge in [-0.25, -0.2) is 4.98 Å². The molecule has 0 amide bonds. The summed E-state index contributed by atoms with van der Waals surface area (Å²) < 4.78 is 0. The molecule has 0 bridgehead atoms. The van der Waals surface area contributed by atoms with Crippen molar-refractivity contribution >= 4 is 11.3 Å². The number of likely N-dealkylation sites (tertiary alicyclic amines) is 1. The van der Waals surface area contributed by atoms with Gasteiger partial charge in [0.15, 0.2) is 0 Å². The van der Waals surface area contributed by atoms with E-state index in [1.54, 1.807) is 11.3 Å². The van der Waals surface area contributed by atoms with E-state index in [4.69, 9.17) is 4.98 Å². The van der Waals surface area contributed by atoms with E-state index in [1.165, 1.54) is 43.1 Å². The average Bonchev–Trinajstić information content (AvgIpc) is 2.89. The number of hydrogen-bond acceptors (Lipinski definition) is 4. The van der Waals surface area contributed by atoms with Crippen molar-refractivity contribution in [3.05, 3.63) is 16.1 Å². The molecular formula is C17H31N3S. The van der Waals surface area contributed by atoms with Crippen LogP contribution in [0.15, 0.2) is 5.38 Å². The fourth-order valence-electron chi connectivity index (χ4n) is 2.80. The monoisotopic (exact) mass is 309 g/mol. The van der Waals surface area contributed by atoms with E-state index in [0.717, 1.165) is 19.6 Å². The van der Waals surface area contributed by atoms with Crippen molar-refractivity contribution in [2.75, 3.05) is 19.6 Å². The molecule has 0 aliphatic carbocycles. The van der Waals surface area contributed by atoms with Crippen LogP contribution in [-0.4, -0.2) is 29.5 Å². The quantitative estimate of drug-likeness (QED) is 0.828. The maximum Gasteiger partial charge on any atom is 0.107 e. The van der Waals surface area contributed by atoms with E-state index in [-0.39, 0.29) is 0 Å². The zero-order valence-corrected chi connectivity index (χ0v) is 14.9. The van der Waals surface area contributed by atoms with Crippen LogP contribution in [0.3, 0.4) is 0 Å². The van der Waals surface area contributed by atoms with Gasteiger partial charge in [0.05, 0.1) is 5.69 Å². The highest BCUT2D eigenvalue weighted by Gasteiger charge is 2.28. The first-order valence-electron chi connectivity index (χ1n) is 8.37. The van der Waals surface area contributed by atoms with Crippen LogP contribution in [0, 0.1) is 11.3 Å². The van der Waals surface area contributed by atoms with E-state index < -0.39 is 0 Å². The van der Waals surface area contributed by atoms with Crippen molar-refractivity contribution in [3.63, 3.8) is 0 Å². The van der Waals surface area contributed by atoms with Gasteiger partial charge >= 0.3 is 0 Å². The Kier molecular flexibility index (Phi) is 6.20. The standard InChI is InChI=1S/C17H31N3S/c1-5-17(4)6-8-20(9-7-17)12-15-13-21-16(19-15)11-18-10-14(2)3/h13-14,18H,5-12H2,1-4H3. The number of thiazole rings is 1. The first kappa shape index (κ1) is 16.9.